The predicted octanol–water partition coefficient (Wildman–Crippen LogP) is 4.08. The van der Waals surface area contributed by atoms with Crippen LogP contribution >= 0.6 is 16.1 Å². The van der Waals surface area contributed by atoms with Gasteiger partial charge in [-0.2, -0.15) is 0 Å². The van der Waals surface area contributed by atoms with Gasteiger partial charge in [0.05, 0.1) is 0 Å². The summed E-state index contributed by atoms with van der Waals surface area (Å²) in [6.07, 6.45) is 12.8. The Morgan fingerprint density at radius 3 is 3.05 bits per heavy atom. The van der Waals surface area contributed by atoms with Crippen LogP contribution in [-0.4, -0.2) is 22.5 Å². The molecule has 1 saturated carbocycles. The second kappa shape index (κ2) is 6.33. The van der Waals surface area contributed by atoms with E-state index in [0.717, 1.165) is 44.0 Å². The molecule has 110 valence electrons. The maximum atomic E-state index is 11.1. The fraction of sp³-hybridized carbons (Fsp3) is 0.800. The standard InChI is InChI=1S/C15H28O2P2/c1-13-7-9-15(8-5-6-14(13)12-15)19(17,18)11-4-2-3-10-16/h6,10,13,17,19H,2-5,7-9,11-12,18H2,1H3. The van der Waals surface area contributed by atoms with Crippen molar-refractivity contribution in [3.05, 3.63) is 11.6 Å². The van der Waals surface area contributed by atoms with Crippen molar-refractivity contribution in [2.45, 2.75) is 63.4 Å². The number of carbonyl (C=O) groups is 1. The topological polar surface area (TPSA) is 37.3 Å². The number of hydrogen-bond donors (Lipinski definition) is 1. The van der Waals surface area contributed by atoms with Crippen molar-refractivity contribution in [1.29, 1.82) is 0 Å². The Bertz CT molecular complexity index is 365. The predicted molar refractivity (Wildman–Crippen MR) is 88.1 cm³/mol. The van der Waals surface area contributed by atoms with E-state index in [1.807, 2.05) is 0 Å². The molecule has 2 aliphatic rings. The molecule has 3 atom stereocenters. The number of unbranched alkanes of at least 4 members (excludes halogenated alkanes) is 2. The number of hydrogen-bond acceptors (Lipinski definition) is 2. The van der Waals surface area contributed by atoms with Gasteiger partial charge in [-0.25, -0.2) is 0 Å². The summed E-state index contributed by atoms with van der Waals surface area (Å²) in [5, 5.41) is 0.204. The minimum absolute atomic E-state index is 0.204. The molecule has 19 heavy (non-hydrogen) atoms. The first-order chi connectivity index (χ1) is 9.01. The van der Waals surface area contributed by atoms with E-state index >= 15 is 0 Å². The van der Waals surface area contributed by atoms with Gasteiger partial charge < -0.3 is 0 Å². The van der Waals surface area contributed by atoms with E-state index in [1.54, 1.807) is 5.57 Å². The Balaban J connectivity index is 2.02. The third kappa shape index (κ3) is 3.29. The first-order valence-corrected chi connectivity index (χ1v) is 11.6. The molecule has 2 nitrogen and oxygen atoms in total. The van der Waals surface area contributed by atoms with Crippen molar-refractivity contribution < 1.29 is 9.69 Å². The van der Waals surface area contributed by atoms with Crippen molar-refractivity contribution in [3.63, 3.8) is 0 Å². The summed E-state index contributed by atoms with van der Waals surface area (Å²) >= 11 is 0. The molecule has 0 aliphatic heterocycles. The van der Waals surface area contributed by atoms with E-state index < -0.39 is 7.18 Å². The summed E-state index contributed by atoms with van der Waals surface area (Å²) in [5.74, 6) is 0.721. The molecule has 0 aromatic carbocycles. The quantitative estimate of drug-likeness (QED) is 0.347. The summed E-state index contributed by atoms with van der Waals surface area (Å²) < 4.78 is 0. The van der Waals surface area contributed by atoms with Gasteiger partial charge in [-0.05, 0) is 0 Å². The SMILES string of the molecule is CC1CCC2([PH](O)(P)CCCCC=O)CCC=C1C2. The van der Waals surface area contributed by atoms with Crippen molar-refractivity contribution in [2.75, 3.05) is 6.16 Å². The molecular formula is C15H28O2P2. The van der Waals surface area contributed by atoms with Gasteiger partial charge >= 0.3 is 119 Å². The van der Waals surface area contributed by atoms with E-state index in [0.29, 0.717) is 6.42 Å². The van der Waals surface area contributed by atoms with Crippen LogP contribution in [0.25, 0.3) is 0 Å². The molecule has 1 fully saturated rings. The maximum absolute atomic E-state index is 11.1. The summed E-state index contributed by atoms with van der Waals surface area (Å²) in [4.78, 5) is 21.5. The normalized spacial score (nSPS) is 31.7. The van der Waals surface area contributed by atoms with Crippen LogP contribution in [0.3, 0.4) is 0 Å². The molecule has 0 heterocycles. The average molecular weight is 302 g/mol. The van der Waals surface area contributed by atoms with Gasteiger partial charge in [0.25, 0.3) is 0 Å². The average Bonchev–Trinajstić information content (AvgIpc) is 2.40. The van der Waals surface area contributed by atoms with E-state index in [9.17, 15) is 9.69 Å². The van der Waals surface area contributed by atoms with Crippen LogP contribution in [0, 0.1) is 5.92 Å². The van der Waals surface area contributed by atoms with E-state index in [4.69, 9.17) is 0 Å². The Labute approximate surface area is 119 Å². The molecule has 0 spiro atoms. The molecule has 0 aromatic heterocycles. The van der Waals surface area contributed by atoms with Crippen LogP contribution in [0.15, 0.2) is 11.6 Å². The first-order valence-electron chi connectivity index (χ1n) is 7.65. The zero-order valence-electron chi connectivity index (χ0n) is 12.0. The minimum atomic E-state index is -2.26. The second-order valence-electron chi connectivity index (χ2n) is 6.55. The zero-order chi connectivity index (χ0) is 13.9. The second-order valence-corrected chi connectivity index (χ2v) is 12.8. The fourth-order valence-corrected chi connectivity index (χ4v) is 8.59. The fourth-order valence-electron chi connectivity index (χ4n) is 3.83. The molecule has 1 N–H and O–H groups in total. The van der Waals surface area contributed by atoms with E-state index in [2.05, 4.69) is 21.9 Å². The molecule has 0 aromatic rings. The molecule has 2 rings (SSSR count). The van der Waals surface area contributed by atoms with Crippen LogP contribution in [-0.2, 0) is 4.79 Å². The number of rotatable bonds is 6. The number of allylic oxidation sites excluding steroid dienone is 2. The molecule has 4 heteroatoms. The van der Waals surface area contributed by atoms with Crippen LogP contribution in [0.4, 0.5) is 0 Å². The van der Waals surface area contributed by atoms with Crippen molar-refractivity contribution in [2.24, 2.45) is 5.92 Å². The molecule has 2 aliphatic carbocycles. The Morgan fingerprint density at radius 2 is 2.32 bits per heavy atom. The van der Waals surface area contributed by atoms with Crippen LogP contribution in [0.5, 0.6) is 0 Å². The molecule has 0 radical (unpaired) electrons. The van der Waals surface area contributed by atoms with Gasteiger partial charge in [-0.3, -0.25) is 0 Å². The number of fused-ring (bicyclic) bond motifs is 2. The molecule has 0 saturated heterocycles. The van der Waals surface area contributed by atoms with Gasteiger partial charge in [0, 0.05) is 0 Å². The first kappa shape index (κ1) is 15.6. The number of aldehydes is 1. The third-order valence-electron chi connectivity index (χ3n) is 5.31. The van der Waals surface area contributed by atoms with Crippen LogP contribution in [0.2, 0.25) is 0 Å². The van der Waals surface area contributed by atoms with Crippen molar-refractivity contribution in [1.82, 2.24) is 0 Å². The number of carbonyl (C=O) groups excluding carboxylic acids is 1. The van der Waals surface area contributed by atoms with Crippen molar-refractivity contribution >= 4 is 22.4 Å². The third-order valence-corrected chi connectivity index (χ3v) is 11.6. The summed E-state index contributed by atoms with van der Waals surface area (Å²) in [7, 11) is 0.621. The van der Waals surface area contributed by atoms with Crippen LogP contribution < -0.4 is 0 Å². The van der Waals surface area contributed by atoms with E-state index in [1.165, 1.54) is 19.3 Å². The van der Waals surface area contributed by atoms with E-state index in [-0.39, 0.29) is 5.16 Å². The monoisotopic (exact) mass is 302 g/mol. The Kier molecular flexibility index (Phi) is 5.21. The molecule has 3 unspecified atom stereocenters. The zero-order valence-corrected chi connectivity index (χ0v) is 14.2. The van der Waals surface area contributed by atoms with Crippen molar-refractivity contribution in [3.8, 4) is 0 Å². The summed E-state index contributed by atoms with van der Waals surface area (Å²) in [6, 6.07) is 0. The summed E-state index contributed by atoms with van der Waals surface area (Å²) in [6.45, 7) is 2.33. The van der Waals surface area contributed by atoms with Gasteiger partial charge in [-0.15, -0.1) is 0 Å². The van der Waals surface area contributed by atoms with Crippen LogP contribution in [0.1, 0.15) is 58.3 Å². The van der Waals surface area contributed by atoms with Gasteiger partial charge in [0.1, 0.15) is 0 Å². The molecule has 2 bridgehead atoms. The van der Waals surface area contributed by atoms with Gasteiger partial charge in [0.15, 0.2) is 0 Å². The summed E-state index contributed by atoms with van der Waals surface area (Å²) in [5.41, 5.74) is 1.60. The van der Waals surface area contributed by atoms with Gasteiger partial charge in [-0.1, -0.05) is 0 Å². The Hall–Kier alpha value is 0.230. The van der Waals surface area contributed by atoms with Gasteiger partial charge in [0.2, 0.25) is 0 Å². The molecule has 0 amide bonds. The molecular weight excluding hydrogens is 274 g/mol. The Morgan fingerprint density at radius 1 is 1.53 bits per heavy atom.